The Balaban J connectivity index is 1.70. The van der Waals surface area contributed by atoms with Gasteiger partial charge in [0.15, 0.2) is 0 Å². The summed E-state index contributed by atoms with van der Waals surface area (Å²) in [5.74, 6) is 0.327. The van der Waals surface area contributed by atoms with E-state index in [1.54, 1.807) is 24.1 Å². The van der Waals surface area contributed by atoms with Gasteiger partial charge in [-0.25, -0.2) is 9.97 Å². The molecule has 3 rings (SSSR count). The van der Waals surface area contributed by atoms with Crippen molar-refractivity contribution in [3.8, 4) is 0 Å². The number of benzene rings is 1. The lowest BCUT2D eigenvalue weighted by Crippen LogP contribution is -2.48. The number of nitrogens with zero attached hydrogens (tertiary/aromatic N) is 4. The van der Waals surface area contributed by atoms with Crippen LogP contribution in [-0.2, 0) is 4.79 Å². The first-order chi connectivity index (χ1) is 12.0. The molecule has 0 radical (unpaired) electrons. The van der Waals surface area contributed by atoms with Gasteiger partial charge in [0.05, 0.1) is 0 Å². The van der Waals surface area contributed by atoms with Gasteiger partial charge in [-0.2, -0.15) is 0 Å². The number of aromatic nitrogens is 2. The van der Waals surface area contributed by atoms with Crippen molar-refractivity contribution in [3.05, 3.63) is 47.8 Å². The molecule has 7 nitrogen and oxygen atoms in total. The highest BCUT2D eigenvalue weighted by Gasteiger charge is 2.21. The molecule has 2 aromatic rings. The van der Waals surface area contributed by atoms with Gasteiger partial charge in [0.2, 0.25) is 11.9 Å². The van der Waals surface area contributed by atoms with Gasteiger partial charge < -0.3 is 15.1 Å². The van der Waals surface area contributed by atoms with Gasteiger partial charge in [-0.05, 0) is 24.6 Å². The summed E-state index contributed by atoms with van der Waals surface area (Å²) < 4.78 is 0. The average Bonchev–Trinajstić information content (AvgIpc) is 2.64. The molecule has 2 amide bonds. The van der Waals surface area contributed by atoms with E-state index in [0.29, 0.717) is 37.8 Å². The zero-order chi connectivity index (χ0) is 17.8. The first-order valence-corrected chi connectivity index (χ1v) is 8.25. The monoisotopic (exact) mass is 339 g/mol. The van der Waals surface area contributed by atoms with Gasteiger partial charge in [-0.1, -0.05) is 18.2 Å². The Morgan fingerprint density at radius 2 is 1.80 bits per heavy atom. The van der Waals surface area contributed by atoms with E-state index in [9.17, 15) is 9.59 Å². The number of nitrogens with one attached hydrogen (secondary N) is 1. The quantitative estimate of drug-likeness (QED) is 0.921. The molecule has 130 valence electrons. The van der Waals surface area contributed by atoms with Crippen LogP contribution in [0.4, 0.5) is 11.6 Å². The Labute approximate surface area is 146 Å². The fourth-order valence-corrected chi connectivity index (χ4v) is 2.75. The number of para-hydroxylation sites is 1. The standard InChI is InChI=1S/C18H21N5O2/c1-13-5-3-4-6-15(13)20-17(25)16-7-8-19-18(21-16)23-11-9-22(10-12-23)14(2)24/h3-8H,9-12H2,1-2H3,(H,20,25). The lowest BCUT2D eigenvalue weighted by atomic mass is 10.2. The number of piperazine rings is 1. The average molecular weight is 339 g/mol. The largest absolute Gasteiger partial charge is 0.339 e. The van der Waals surface area contributed by atoms with Gasteiger partial charge >= 0.3 is 0 Å². The molecular weight excluding hydrogens is 318 g/mol. The summed E-state index contributed by atoms with van der Waals surface area (Å²) in [6, 6.07) is 9.20. The Bertz CT molecular complexity index is 785. The molecule has 1 aromatic carbocycles. The number of anilines is 2. The molecule has 1 aliphatic heterocycles. The maximum Gasteiger partial charge on any atom is 0.274 e. The smallest absolute Gasteiger partial charge is 0.274 e. The molecular formula is C18H21N5O2. The molecule has 2 heterocycles. The predicted octanol–water partition coefficient (Wildman–Crippen LogP) is 1.71. The van der Waals surface area contributed by atoms with E-state index in [-0.39, 0.29) is 11.8 Å². The molecule has 25 heavy (non-hydrogen) atoms. The van der Waals surface area contributed by atoms with Gasteiger partial charge in [0, 0.05) is 45.0 Å². The molecule has 1 saturated heterocycles. The third-order valence-electron chi connectivity index (χ3n) is 4.28. The summed E-state index contributed by atoms with van der Waals surface area (Å²) in [7, 11) is 0. The van der Waals surface area contributed by atoms with Crippen LogP contribution in [0.5, 0.6) is 0 Å². The molecule has 1 aliphatic rings. The minimum absolute atomic E-state index is 0.0759. The number of amides is 2. The van der Waals surface area contributed by atoms with Crippen molar-refractivity contribution in [1.82, 2.24) is 14.9 Å². The van der Waals surface area contributed by atoms with Crippen LogP contribution in [0.15, 0.2) is 36.5 Å². The molecule has 0 spiro atoms. The van der Waals surface area contributed by atoms with Crippen LogP contribution in [0.2, 0.25) is 0 Å². The second-order valence-corrected chi connectivity index (χ2v) is 6.00. The minimum Gasteiger partial charge on any atom is -0.339 e. The van der Waals surface area contributed by atoms with Crippen LogP contribution >= 0.6 is 0 Å². The van der Waals surface area contributed by atoms with Crippen LogP contribution in [0.3, 0.4) is 0 Å². The van der Waals surface area contributed by atoms with Crippen LogP contribution in [0.25, 0.3) is 0 Å². The summed E-state index contributed by atoms with van der Waals surface area (Å²) in [4.78, 5) is 36.3. The summed E-state index contributed by atoms with van der Waals surface area (Å²) in [5.41, 5.74) is 2.08. The van der Waals surface area contributed by atoms with Gasteiger partial charge in [-0.15, -0.1) is 0 Å². The van der Waals surface area contributed by atoms with E-state index in [2.05, 4.69) is 15.3 Å². The van der Waals surface area contributed by atoms with Crippen molar-refractivity contribution in [2.24, 2.45) is 0 Å². The number of carbonyl (C=O) groups is 2. The first-order valence-electron chi connectivity index (χ1n) is 8.25. The summed E-state index contributed by atoms with van der Waals surface area (Å²) in [6.07, 6.45) is 1.59. The van der Waals surface area contributed by atoms with E-state index < -0.39 is 0 Å². The van der Waals surface area contributed by atoms with Gasteiger partial charge in [0.25, 0.3) is 5.91 Å². The predicted molar refractivity (Wildman–Crippen MR) is 95.6 cm³/mol. The van der Waals surface area contributed by atoms with Crippen molar-refractivity contribution in [2.75, 3.05) is 36.4 Å². The minimum atomic E-state index is -0.264. The lowest BCUT2D eigenvalue weighted by molar-refractivity contribution is -0.129. The van der Waals surface area contributed by atoms with Crippen molar-refractivity contribution >= 4 is 23.5 Å². The van der Waals surface area contributed by atoms with Gasteiger partial charge in [-0.3, -0.25) is 9.59 Å². The van der Waals surface area contributed by atoms with Crippen molar-refractivity contribution in [3.63, 3.8) is 0 Å². The molecule has 1 fully saturated rings. The number of hydrogen-bond donors (Lipinski definition) is 1. The molecule has 0 atom stereocenters. The molecule has 1 N–H and O–H groups in total. The van der Waals surface area contributed by atoms with Crippen LogP contribution in [-0.4, -0.2) is 52.9 Å². The Morgan fingerprint density at radius 3 is 2.48 bits per heavy atom. The third-order valence-corrected chi connectivity index (χ3v) is 4.28. The zero-order valence-electron chi connectivity index (χ0n) is 14.4. The SMILES string of the molecule is CC(=O)N1CCN(c2nccc(C(=O)Nc3ccccc3C)n2)CC1. The topological polar surface area (TPSA) is 78.4 Å². The van der Waals surface area contributed by atoms with E-state index in [0.717, 1.165) is 11.3 Å². The number of aryl methyl sites for hydroxylation is 1. The first kappa shape index (κ1) is 16.9. The zero-order valence-corrected chi connectivity index (χ0v) is 14.4. The third kappa shape index (κ3) is 3.93. The van der Waals surface area contributed by atoms with E-state index in [1.807, 2.05) is 36.1 Å². The van der Waals surface area contributed by atoms with Crippen LogP contribution in [0.1, 0.15) is 23.0 Å². The maximum atomic E-state index is 12.5. The molecule has 7 heteroatoms. The molecule has 0 saturated carbocycles. The Morgan fingerprint density at radius 1 is 1.08 bits per heavy atom. The molecule has 1 aromatic heterocycles. The van der Waals surface area contributed by atoms with Crippen molar-refractivity contribution in [2.45, 2.75) is 13.8 Å². The van der Waals surface area contributed by atoms with Crippen LogP contribution < -0.4 is 10.2 Å². The lowest BCUT2D eigenvalue weighted by Gasteiger charge is -2.34. The molecule has 0 bridgehead atoms. The highest BCUT2D eigenvalue weighted by Crippen LogP contribution is 2.16. The van der Waals surface area contributed by atoms with Gasteiger partial charge in [0.1, 0.15) is 5.69 Å². The molecule has 0 aliphatic carbocycles. The Hall–Kier alpha value is -2.96. The van der Waals surface area contributed by atoms with Crippen molar-refractivity contribution < 1.29 is 9.59 Å². The summed E-state index contributed by atoms with van der Waals surface area (Å²) >= 11 is 0. The number of carbonyl (C=O) groups excluding carboxylic acids is 2. The van der Waals surface area contributed by atoms with Crippen molar-refractivity contribution in [1.29, 1.82) is 0 Å². The highest BCUT2D eigenvalue weighted by atomic mass is 16.2. The summed E-state index contributed by atoms with van der Waals surface area (Å²) in [6.45, 7) is 6.10. The van der Waals surface area contributed by atoms with Crippen LogP contribution in [0, 0.1) is 6.92 Å². The fourth-order valence-electron chi connectivity index (χ4n) is 2.75. The maximum absolute atomic E-state index is 12.5. The van der Waals surface area contributed by atoms with E-state index in [4.69, 9.17) is 0 Å². The second kappa shape index (κ2) is 7.29. The van der Waals surface area contributed by atoms with E-state index >= 15 is 0 Å². The Kier molecular flexibility index (Phi) is 4.92. The van der Waals surface area contributed by atoms with E-state index in [1.165, 1.54) is 0 Å². The number of hydrogen-bond acceptors (Lipinski definition) is 5. The molecule has 0 unspecified atom stereocenters. The normalized spacial score (nSPS) is 14.3. The number of rotatable bonds is 3. The fraction of sp³-hybridized carbons (Fsp3) is 0.333. The summed E-state index contributed by atoms with van der Waals surface area (Å²) in [5, 5.41) is 2.88. The second-order valence-electron chi connectivity index (χ2n) is 6.00. The highest BCUT2D eigenvalue weighted by molar-refractivity contribution is 6.03.